The first kappa shape index (κ1) is 11.2. The summed E-state index contributed by atoms with van der Waals surface area (Å²) >= 11 is 2.91. The molecule has 0 fully saturated rings. The van der Waals surface area contributed by atoms with Gasteiger partial charge in [0.1, 0.15) is 5.82 Å². The van der Waals surface area contributed by atoms with E-state index in [1.165, 1.54) is 16.6 Å². The fourth-order valence-corrected chi connectivity index (χ4v) is 2.40. The minimum Gasteiger partial charge on any atom is -0.369 e. The minimum atomic E-state index is -0.366. The number of primary amides is 1. The number of hydrogen-bond donors (Lipinski definition) is 2. The Hall–Kier alpha value is -1.34. The van der Waals surface area contributed by atoms with Gasteiger partial charge < -0.3 is 5.73 Å². The molecule has 0 saturated heterocycles. The van der Waals surface area contributed by atoms with Crippen molar-refractivity contribution in [3.63, 3.8) is 0 Å². The predicted octanol–water partition coefficient (Wildman–Crippen LogP) is 1.03. The van der Waals surface area contributed by atoms with Gasteiger partial charge in [-0.2, -0.15) is 0 Å². The average Bonchev–Trinajstić information content (AvgIpc) is 2.87. The topological polar surface area (TPSA) is 84.7 Å². The molecule has 84 valence electrons. The fraction of sp³-hybridized carbons (Fsp3) is 0.222. The minimum absolute atomic E-state index is 0.205. The zero-order valence-corrected chi connectivity index (χ0v) is 9.98. The van der Waals surface area contributed by atoms with Gasteiger partial charge in [-0.1, -0.05) is 17.8 Å². The highest BCUT2D eigenvalue weighted by molar-refractivity contribution is 7.99. The van der Waals surface area contributed by atoms with E-state index >= 15 is 0 Å². The van der Waals surface area contributed by atoms with Gasteiger partial charge in [-0.25, -0.2) is 4.98 Å². The third-order valence-electron chi connectivity index (χ3n) is 1.78. The normalized spacial score (nSPS) is 10.5. The highest BCUT2D eigenvalue weighted by atomic mass is 32.2. The van der Waals surface area contributed by atoms with E-state index in [2.05, 4.69) is 15.2 Å². The number of thiophene rings is 1. The maximum atomic E-state index is 10.6. The SMILES string of the molecule is NC(=O)CSc1n[nH]c(Cc2cccs2)n1. The maximum Gasteiger partial charge on any atom is 0.227 e. The Morgan fingerprint density at radius 1 is 1.62 bits per heavy atom. The van der Waals surface area contributed by atoms with Gasteiger partial charge in [-0.05, 0) is 11.4 Å². The molecule has 0 bridgehead atoms. The number of carbonyl (C=O) groups excluding carboxylic acids is 1. The van der Waals surface area contributed by atoms with Crippen molar-refractivity contribution in [1.82, 2.24) is 15.2 Å². The molecule has 0 atom stereocenters. The third kappa shape index (κ3) is 3.07. The Labute approximate surface area is 100 Å². The summed E-state index contributed by atoms with van der Waals surface area (Å²) in [6, 6.07) is 4.04. The van der Waals surface area contributed by atoms with Crippen molar-refractivity contribution in [3.05, 3.63) is 28.2 Å². The van der Waals surface area contributed by atoms with Crippen LogP contribution in [-0.2, 0) is 11.2 Å². The van der Waals surface area contributed by atoms with E-state index < -0.39 is 0 Å². The van der Waals surface area contributed by atoms with Gasteiger partial charge in [0, 0.05) is 11.3 Å². The Morgan fingerprint density at radius 3 is 3.19 bits per heavy atom. The average molecular weight is 254 g/mol. The first-order chi connectivity index (χ1) is 7.74. The van der Waals surface area contributed by atoms with Crippen LogP contribution in [0.5, 0.6) is 0 Å². The van der Waals surface area contributed by atoms with Gasteiger partial charge in [0.25, 0.3) is 0 Å². The summed E-state index contributed by atoms with van der Waals surface area (Å²) < 4.78 is 0. The lowest BCUT2D eigenvalue weighted by molar-refractivity contribution is -0.115. The van der Waals surface area contributed by atoms with Crippen molar-refractivity contribution in [2.45, 2.75) is 11.6 Å². The lowest BCUT2D eigenvalue weighted by Crippen LogP contribution is -2.13. The van der Waals surface area contributed by atoms with Crippen molar-refractivity contribution < 1.29 is 4.79 Å². The van der Waals surface area contributed by atoms with Crippen LogP contribution in [0.15, 0.2) is 22.7 Å². The molecule has 5 nitrogen and oxygen atoms in total. The van der Waals surface area contributed by atoms with Gasteiger partial charge in [-0.15, -0.1) is 16.4 Å². The summed E-state index contributed by atoms with van der Waals surface area (Å²) in [7, 11) is 0. The van der Waals surface area contributed by atoms with Crippen molar-refractivity contribution in [2.24, 2.45) is 5.73 Å². The van der Waals surface area contributed by atoms with Crippen LogP contribution in [0.3, 0.4) is 0 Å². The Balaban J connectivity index is 1.94. The molecule has 0 aliphatic carbocycles. The van der Waals surface area contributed by atoms with Crippen LogP contribution in [-0.4, -0.2) is 26.8 Å². The Morgan fingerprint density at radius 2 is 2.50 bits per heavy atom. The number of nitrogens with one attached hydrogen (secondary N) is 1. The number of amides is 1. The molecule has 0 unspecified atom stereocenters. The van der Waals surface area contributed by atoms with Crippen LogP contribution >= 0.6 is 23.1 Å². The van der Waals surface area contributed by atoms with Crippen molar-refractivity contribution in [2.75, 3.05) is 5.75 Å². The first-order valence-electron chi connectivity index (χ1n) is 4.59. The summed E-state index contributed by atoms with van der Waals surface area (Å²) in [5.41, 5.74) is 5.03. The number of hydrogen-bond acceptors (Lipinski definition) is 5. The lowest BCUT2D eigenvalue weighted by Gasteiger charge is -1.90. The number of H-pyrrole nitrogens is 1. The molecule has 0 spiro atoms. The van der Waals surface area contributed by atoms with Crippen molar-refractivity contribution in [3.8, 4) is 0 Å². The molecule has 7 heteroatoms. The second-order valence-electron chi connectivity index (χ2n) is 3.08. The van der Waals surface area contributed by atoms with Gasteiger partial charge >= 0.3 is 0 Å². The van der Waals surface area contributed by atoms with E-state index in [1.54, 1.807) is 11.3 Å². The molecule has 0 saturated carbocycles. The quantitative estimate of drug-likeness (QED) is 0.781. The summed E-state index contributed by atoms with van der Waals surface area (Å²) in [6.07, 6.45) is 0.738. The van der Waals surface area contributed by atoms with E-state index in [1.807, 2.05) is 17.5 Å². The number of thioether (sulfide) groups is 1. The molecule has 0 aromatic carbocycles. The summed E-state index contributed by atoms with van der Waals surface area (Å²) in [4.78, 5) is 16.0. The van der Waals surface area contributed by atoms with Gasteiger partial charge in [0.05, 0.1) is 5.75 Å². The van der Waals surface area contributed by atoms with Crippen LogP contribution in [0, 0.1) is 0 Å². The molecule has 2 aromatic rings. The zero-order valence-electron chi connectivity index (χ0n) is 8.34. The van der Waals surface area contributed by atoms with Crippen LogP contribution < -0.4 is 5.73 Å². The molecule has 16 heavy (non-hydrogen) atoms. The third-order valence-corrected chi connectivity index (χ3v) is 3.52. The van der Waals surface area contributed by atoms with Gasteiger partial charge in [-0.3, -0.25) is 9.89 Å². The highest BCUT2D eigenvalue weighted by Gasteiger charge is 2.06. The van der Waals surface area contributed by atoms with E-state index in [0.29, 0.717) is 5.16 Å². The van der Waals surface area contributed by atoms with Crippen LogP contribution in [0.1, 0.15) is 10.7 Å². The number of nitrogens with two attached hydrogens (primary N) is 1. The molecule has 0 aliphatic rings. The molecular formula is C9H10N4OS2. The fourth-order valence-electron chi connectivity index (χ4n) is 1.14. The van der Waals surface area contributed by atoms with Crippen LogP contribution in [0.2, 0.25) is 0 Å². The molecule has 2 aromatic heterocycles. The van der Waals surface area contributed by atoms with E-state index in [-0.39, 0.29) is 11.7 Å². The van der Waals surface area contributed by atoms with Crippen LogP contribution in [0.4, 0.5) is 0 Å². The second-order valence-corrected chi connectivity index (χ2v) is 5.05. The van der Waals surface area contributed by atoms with E-state index in [0.717, 1.165) is 12.2 Å². The Kier molecular flexibility index (Phi) is 3.58. The molecule has 2 rings (SSSR count). The monoisotopic (exact) mass is 254 g/mol. The molecular weight excluding hydrogens is 244 g/mol. The molecule has 0 radical (unpaired) electrons. The highest BCUT2D eigenvalue weighted by Crippen LogP contribution is 2.15. The number of aromatic amines is 1. The zero-order chi connectivity index (χ0) is 11.4. The van der Waals surface area contributed by atoms with Crippen molar-refractivity contribution in [1.29, 1.82) is 0 Å². The number of nitrogens with zero attached hydrogens (tertiary/aromatic N) is 2. The largest absolute Gasteiger partial charge is 0.369 e. The van der Waals surface area contributed by atoms with Gasteiger partial charge in [0.15, 0.2) is 0 Å². The second kappa shape index (κ2) is 5.13. The summed E-state index contributed by atoms with van der Waals surface area (Å²) in [6.45, 7) is 0. The predicted molar refractivity (Wildman–Crippen MR) is 63.4 cm³/mol. The number of aromatic nitrogens is 3. The van der Waals surface area contributed by atoms with Crippen molar-refractivity contribution >= 4 is 29.0 Å². The summed E-state index contributed by atoms with van der Waals surface area (Å²) in [5.74, 6) is 0.639. The molecule has 3 N–H and O–H groups in total. The van der Waals surface area contributed by atoms with E-state index in [9.17, 15) is 4.79 Å². The summed E-state index contributed by atoms with van der Waals surface area (Å²) in [5, 5.41) is 9.42. The first-order valence-corrected chi connectivity index (χ1v) is 6.45. The number of rotatable bonds is 5. The van der Waals surface area contributed by atoms with E-state index in [4.69, 9.17) is 5.73 Å². The van der Waals surface area contributed by atoms with Gasteiger partial charge in [0.2, 0.25) is 11.1 Å². The lowest BCUT2D eigenvalue weighted by atomic mass is 10.3. The Bertz CT molecular complexity index is 466. The number of carbonyl (C=O) groups is 1. The van der Waals surface area contributed by atoms with Crippen LogP contribution in [0.25, 0.3) is 0 Å². The standard InChI is InChI=1S/C9H10N4OS2/c10-7(14)5-16-9-11-8(12-13-9)4-6-2-1-3-15-6/h1-3H,4-5H2,(H2,10,14)(H,11,12,13). The smallest absolute Gasteiger partial charge is 0.227 e. The molecule has 2 heterocycles. The molecule has 0 aliphatic heterocycles. The molecule has 1 amide bonds. The maximum absolute atomic E-state index is 10.6.